The lowest BCUT2D eigenvalue weighted by atomic mass is 9.71. The van der Waals surface area contributed by atoms with Crippen molar-refractivity contribution in [2.45, 2.75) is 49.6 Å². The SMILES string of the molecule is NCCCCC(N)(C(=O)O)C(N)(CCCCN)C(=O)O. The molecule has 0 spiro atoms. The lowest BCUT2D eigenvalue weighted by molar-refractivity contribution is -0.158. The summed E-state index contributed by atoms with van der Waals surface area (Å²) in [6.07, 6.45) is 1.86. The fourth-order valence-electron chi connectivity index (χ4n) is 2.14. The van der Waals surface area contributed by atoms with Crippen molar-refractivity contribution in [1.82, 2.24) is 0 Å². The summed E-state index contributed by atoms with van der Waals surface area (Å²) in [7, 11) is 0. The second-order valence-electron chi connectivity index (χ2n) is 5.04. The predicted octanol–water partition coefficient (Wildman–Crippen LogP) is -1.19. The van der Waals surface area contributed by atoms with E-state index in [0.29, 0.717) is 38.8 Å². The molecule has 10 N–H and O–H groups in total. The van der Waals surface area contributed by atoms with E-state index in [0.717, 1.165) is 0 Å². The Hall–Kier alpha value is -1.22. The van der Waals surface area contributed by atoms with E-state index in [2.05, 4.69) is 0 Å². The van der Waals surface area contributed by atoms with E-state index >= 15 is 0 Å². The third kappa shape index (κ3) is 4.14. The van der Waals surface area contributed by atoms with Gasteiger partial charge in [0.2, 0.25) is 0 Å². The van der Waals surface area contributed by atoms with Gasteiger partial charge in [-0.25, -0.2) is 0 Å². The second kappa shape index (κ2) is 8.15. The molecule has 8 nitrogen and oxygen atoms in total. The number of carbonyl (C=O) groups is 2. The molecule has 0 radical (unpaired) electrons. The van der Waals surface area contributed by atoms with Crippen LogP contribution in [-0.2, 0) is 9.59 Å². The molecule has 0 aromatic carbocycles. The summed E-state index contributed by atoms with van der Waals surface area (Å²) in [5.41, 5.74) is 18.4. The van der Waals surface area contributed by atoms with Gasteiger partial charge in [0.15, 0.2) is 0 Å². The first-order chi connectivity index (χ1) is 9.26. The lowest BCUT2D eigenvalue weighted by Crippen LogP contribution is -2.73. The van der Waals surface area contributed by atoms with Crippen LogP contribution >= 0.6 is 0 Å². The molecule has 0 aromatic heterocycles. The van der Waals surface area contributed by atoms with Gasteiger partial charge in [-0.05, 0) is 51.6 Å². The zero-order chi connectivity index (χ0) is 15.8. The summed E-state index contributed by atoms with van der Waals surface area (Å²) >= 11 is 0. The molecule has 118 valence electrons. The Kier molecular flexibility index (Phi) is 7.66. The van der Waals surface area contributed by atoms with Crippen LogP contribution in [0.15, 0.2) is 0 Å². The largest absolute Gasteiger partial charge is 0.480 e. The monoisotopic (exact) mass is 290 g/mol. The maximum Gasteiger partial charge on any atom is 0.326 e. The zero-order valence-electron chi connectivity index (χ0n) is 11.7. The normalized spacial score (nSPS) is 17.2. The van der Waals surface area contributed by atoms with E-state index < -0.39 is 23.0 Å². The molecule has 0 saturated carbocycles. The quantitative estimate of drug-likeness (QED) is 0.257. The first kappa shape index (κ1) is 18.8. The average Bonchev–Trinajstić information content (AvgIpc) is 2.38. The number of aliphatic carboxylic acids is 2. The molecule has 20 heavy (non-hydrogen) atoms. The van der Waals surface area contributed by atoms with Gasteiger partial charge in [0, 0.05) is 0 Å². The van der Waals surface area contributed by atoms with Gasteiger partial charge in [-0.3, -0.25) is 9.59 Å². The van der Waals surface area contributed by atoms with E-state index in [4.69, 9.17) is 22.9 Å². The van der Waals surface area contributed by atoms with Crippen molar-refractivity contribution in [2.24, 2.45) is 22.9 Å². The molecule has 0 amide bonds. The first-order valence-electron chi connectivity index (χ1n) is 6.71. The van der Waals surface area contributed by atoms with Crippen LogP contribution in [0.5, 0.6) is 0 Å². The van der Waals surface area contributed by atoms with Crippen molar-refractivity contribution in [3.8, 4) is 0 Å². The van der Waals surface area contributed by atoms with Crippen molar-refractivity contribution < 1.29 is 19.8 Å². The molecule has 0 saturated heterocycles. The molecular formula is C12H26N4O4. The number of carboxylic acid groups (broad SMARTS) is 2. The van der Waals surface area contributed by atoms with Crippen molar-refractivity contribution >= 4 is 11.9 Å². The van der Waals surface area contributed by atoms with Crippen molar-refractivity contribution in [2.75, 3.05) is 13.1 Å². The van der Waals surface area contributed by atoms with Crippen LogP contribution in [0.1, 0.15) is 38.5 Å². The van der Waals surface area contributed by atoms with Crippen molar-refractivity contribution in [3.63, 3.8) is 0 Å². The van der Waals surface area contributed by atoms with Crippen LogP contribution < -0.4 is 22.9 Å². The Morgan fingerprint density at radius 3 is 1.25 bits per heavy atom. The maximum absolute atomic E-state index is 11.5. The molecule has 8 heteroatoms. The Morgan fingerprint density at radius 1 is 0.750 bits per heavy atom. The van der Waals surface area contributed by atoms with Gasteiger partial charge < -0.3 is 33.1 Å². The summed E-state index contributed by atoms with van der Waals surface area (Å²) in [6.45, 7) is 0.765. The van der Waals surface area contributed by atoms with Crippen LogP contribution in [-0.4, -0.2) is 46.3 Å². The predicted molar refractivity (Wildman–Crippen MR) is 74.9 cm³/mol. The highest BCUT2D eigenvalue weighted by atomic mass is 16.4. The van der Waals surface area contributed by atoms with Crippen LogP contribution in [0.2, 0.25) is 0 Å². The Morgan fingerprint density at radius 2 is 1.05 bits per heavy atom. The molecule has 0 aliphatic rings. The van der Waals surface area contributed by atoms with Crippen LogP contribution in [0, 0.1) is 0 Å². The minimum atomic E-state index is -2.03. The lowest BCUT2D eigenvalue weighted by Gasteiger charge is -2.39. The molecule has 0 aromatic rings. The van der Waals surface area contributed by atoms with Crippen LogP contribution in [0.25, 0.3) is 0 Å². The van der Waals surface area contributed by atoms with E-state index in [9.17, 15) is 19.8 Å². The highest BCUT2D eigenvalue weighted by Gasteiger charge is 2.56. The minimum absolute atomic E-state index is 0.0367. The fraction of sp³-hybridized carbons (Fsp3) is 0.833. The van der Waals surface area contributed by atoms with E-state index in [1.165, 1.54) is 0 Å². The number of carboxylic acids is 2. The third-order valence-electron chi connectivity index (χ3n) is 3.61. The molecule has 0 heterocycles. The van der Waals surface area contributed by atoms with Crippen LogP contribution in [0.3, 0.4) is 0 Å². The van der Waals surface area contributed by atoms with Gasteiger partial charge >= 0.3 is 11.9 Å². The maximum atomic E-state index is 11.5. The van der Waals surface area contributed by atoms with Gasteiger partial charge in [-0.1, -0.05) is 0 Å². The number of unbranched alkanes of at least 4 members (excludes halogenated alkanes) is 2. The Labute approximate surface area is 118 Å². The van der Waals surface area contributed by atoms with Crippen LogP contribution in [0.4, 0.5) is 0 Å². The molecule has 2 atom stereocenters. The molecule has 0 aliphatic heterocycles. The van der Waals surface area contributed by atoms with E-state index in [-0.39, 0.29) is 12.8 Å². The van der Waals surface area contributed by atoms with Gasteiger partial charge in [0.1, 0.15) is 11.1 Å². The molecule has 2 unspecified atom stereocenters. The first-order valence-corrected chi connectivity index (χ1v) is 6.71. The van der Waals surface area contributed by atoms with E-state index in [1.807, 2.05) is 0 Å². The van der Waals surface area contributed by atoms with Crippen molar-refractivity contribution in [1.29, 1.82) is 0 Å². The summed E-state index contributed by atoms with van der Waals surface area (Å²) < 4.78 is 0. The molecule has 0 fully saturated rings. The third-order valence-corrected chi connectivity index (χ3v) is 3.61. The standard InChI is InChI=1S/C12H26N4O4/c13-7-3-1-5-11(15,9(17)18)12(16,10(19)20)6-2-4-8-14/h1-8,13-16H2,(H,17,18)(H,19,20). The molecule has 0 aliphatic carbocycles. The molecular weight excluding hydrogens is 264 g/mol. The van der Waals surface area contributed by atoms with Gasteiger partial charge in [0.05, 0.1) is 0 Å². The van der Waals surface area contributed by atoms with E-state index in [1.54, 1.807) is 0 Å². The minimum Gasteiger partial charge on any atom is -0.480 e. The number of hydrogen-bond acceptors (Lipinski definition) is 6. The fourth-order valence-corrected chi connectivity index (χ4v) is 2.14. The summed E-state index contributed by atoms with van der Waals surface area (Å²) in [5.74, 6) is -2.82. The van der Waals surface area contributed by atoms with Gasteiger partial charge in [-0.15, -0.1) is 0 Å². The molecule has 0 bridgehead atoms. The topological polar surface area (TPSA) is 179 Å². The van der Waals surface area contributed by atoms with Gasteiger partial charge in [-0.2, -0.15) is 0 Å². The molecule has 0 rings (SSSR count). The number of hydrogen-bond donors (Lipinski definition) is 6. The van der Waals surface area contributed by atoms with Gasteiger partial charge in [0.25, 0.3) is 0 Å². The van der Waals surface area contributed by atoms with Crippen molar-refractivity contribution in [3.05, 3.63) is 0 Å². The average molecular weight is 290 g/mol. The highest BCUT2D eigenvalue weighted by Crippen LogP contribution is 2.29. The summed E-state index contributed by atoms with van der Waals surface area (Å²) in [4.78, 5) is 22.9. The summed E-state index contributed by atoms with van der Waals surface area (Å²) in [5, 5.41) is 18.7. The zero-order valence-corrected chi connectivity index (χ0v) is 11.7. The number of nitrogens with two attached hydrogens (primary N) is 4. The second-order valence-corrected chi connectivity index (χ2v) is 5.04. The Bertz CT molecular complexity index is 307. The Balaban J connectivity index is 5.21. The smallest absolute Gasteiger partial charge is 0.326 e. The highest BCUT2D eigenvalue weighted by molar-refractivity contribution is 5.92. The number of rotatable bonds is 11. The summed E-state index contributed by atoms with van der Waals surface area (Å²) in [6, 6.07) is 0.